The van der Waals surface area contributed by atoms with Crippen LogP contribution in [0.2, 0.25) is 0 Å². The van der Waals surface area contributed by atoms with E-state index in [9.17, 15) is 5.11 Å². The monoisotopic (exact) mass is 174 g/mol. The average Bonchev–Trinajstić information content (AvgIpc) is 2.03. The number of nitrogens with zero attached hydrogens (tertiary/aromatic N) is 1. The SMILES string of the molecule is CCCN(CC)CC(C)(O)CN. The molecule has 0 rings (SSSR count). The van der Waals surface area contributed by atoms with E-state index in [1.807, 2.05) is 0 Å². The molecule has 12 heavy (non-hydrogen) atoms. The smallest absolute Gasteiger partial charge is 0.0867 e. The molecule has 0 fully saturated rings. The summed E-state index contributed by atoms with van der Waals surface area (Å²) in [7, 11) is 0. The van der Waals surface area contributed by atoms with E-state index < -0.39 is 5.60 Å². The van der Waals surface area contributed by atoms with Crippen LogP contribution in [-0.4, -0.2) is 41.8 Å². The van der Waals surface area contributed by atoms with Crippen LogP contribution in [0.15, 0.2) is 0 Å². The first-order valence-corrected chi connectivity index (χ1v) is 4.70. The van der Waals surface area contributed by atoms with Crippen molar-refractivity contribution in [1.29, 1.82) is 0 Å². The van der Waals surface area contributed by atoms with Gasteiger partial charge in [0.1, 0.15) is 0 Å². The molecule has 0 aromatic rings. The van der Waals surface area contributed by atoms with Gasteiger partial charge in [-0.25, -0.2) is 0 Å². The predicted octanol–water partition coefficient (Wildman–Crippen LogP) is 0.428. The molecule has 0 radical (unpaired) electrons. The van der Waals surface area contributed by atoms with Crippen molar-refractivity contribution in [3.8, 4) is 0 Å². The van der Waals surface area contributed by atoms with Crippen molar-refractivity contribution >= 4 is 0 Å². The lowest BCUT2D eigenvalue weighted by atomic mass is 10.1. The number of hydrogen-bond acceptors (Lipinski definition) is 3. The third kappa shape index (κ3) is 4.70. The molecule has 0 spiro atoms. The molecule has 74 valence electrons. The minimum atomic E-state index is -0.731. The quantitative estimate of drug-likeness (QED) is 0.614. The lowest BCUT2D eigenvalue weighted by Gasteiger charge is -2.29. The first-order chi connectivity index (χ1) is 5.55. The highest BCUT2D eigenvalue weighted by Gasteiger charge is 2.20. The van der Waals surface area contributed by atoms with E-state index in [0.717, 1.165) is 19.5 Å². The summed E-state index contributed by atoms with van der Waals surface area (Å²) in [6, 6.07) is 0. The predicted molar refractivity (Wildman–Crippen MR) is 52.1 cm³/mol. The second-order valence-electron chi connectivity index (χ2n) is 3.57. The molecule has 0 saturated carbocycles. The molecule has 0 aliphatic carbocycles. The van der Waals surface area contributed by atoms with Gasteiger partial charge in [0.2, 0.25) is 0 Å². The van der Waals surface area contributed by atoms with Crippen LogP contribution in [0.5, 0.6) is 0 Å². The molecular weight excluding hydrogens is 152 g/mol. The standard InChI is InChI=1S/C9H22N2O/c1-4-6-11(5-2)8-9(3,12)7-10/h12H,4-8,10H2,1-3H3. The second kappa shape index (κ2) is 5.51. The number of likely N-dealkylation sites (N-methyl/N-ethyl adjacent to an activating group) is 1. The zero-order chi connectivity index (χ0) is 9.61. The third-order valence-electron chi connectivity index (χ3n) is 1.99. The minimum absolute atomic E-state index is 0.327. The summed E-state index contributed by atoms with van der Waals surface area (Å²) < 4.78 is 0. The highest BCUT2D eigenvalue weighted by molar-refractivity contribution is 4.77. The van der Waals surface area contributed by atoms with Gasteiger partial charge in [0, 0.05) is 13.1 Å². The number of rotatable bonds is 6. The molecule has 0 bridgehead atoms. The Balaban J connectivity index is 3.83. The van der Waals surface area contributed by atoms with Crippen LogP contribution in [0.25, 0.3) is 0 Å². The van der Waals surface area contributed by atoms with Gasteiger partial charge in [0.15, 0.2) is 0 Å². The van der Waals surface area contributed by atoms with E-state index in [2.05, 4.69) is 18.7 Å². The van der Waals surface area contributed by atoms with Gasteiger partial charge in [0.25, 0.3) is 0 Å². The van der Waals surface area contributed by atoms with Crippen molar-refractivity contribution in [2.24, 2.45) is 5.73 Å². The third-order valence-corrected chi connectivity index (χ3v) is 1.99. The Morgan fingerprint density at radius 1 is 1.42 bits per heavy atom. The fourth-order valence-electron chi connectivity index (χ4n) is 1.21. The molecular formula is C9H22N2O. The molecule has 3 N–H and O–H groups in total. The summed E-state index contributed by atoms with van der Waals surface area (Å²) in [5.41, 5.74) is 4.70. The zero-order valence-corrected chi connectivity index (χ0v) is 8.51. The van der Waals surface area contributed by atoms with Crippen LogP contribution in [0.1, 0.15) is 27.2 Å². The van der Waals surface area contributed by atoms with E-state index in [0.29, 0.717) is 13.1 Å². The Labute approximate surface area is 75.6 Å². The van der Waals surface area contributed by atoms with Crippen molar-refractivity contribution in [2.45, 2.75) is 32.8 Å². The van der Waals surface area contributed by atoms with Crippen molar-refractivity contribution in [1.82, 2.24) is 4.90 Å². The molecule has 0 aliphatic rings. The molecule has 0 aromatic heterocycles. The summed E-state index contributed by atoms with van der Waals surface area (Å²) in [6.45, 7) is 9.03. The molecule has 3 heteroatoms. The molecule has 0 amide bonds. The van der Waals surface area contributed by atoms with Crippen LogP contribution in [-0.2, 0) is 0 Å². The van der Waals surface area contributed by atoms with E-state index in [-0.39, 0.29) is 0 Å². The average molecular weight is 174 g/mol. The van der Waals surface area contributed by atoms with Gasteiger partial charge in [-0.1, -0.05) is 13.8 Å². The first-order valence-electron chi connectivity index (χ1n) is 4.70. The maximum absolute atomic E-state index is 9.68. The van der Waals surface area contributed by atoms with Crippen molar-refractivity contribution in [2.75, 3.05) is 26.2 Å². The highest BCUT2D eigenvalue weighted by Crippen LogP contribution is 2.04. The van der Waals surface area contributed by atoms with Gasteiger partial charge in [-0.3, -0.25) is 0 Å². The lowest BCUT2D eigenvalue weighted by Crippen LogP contribution is -2.46. The van der Waals surface area contributed by atoms with Gasteiger partial charge < -0.3 is 15.7 Å². The maximum atomic E-state index is 9.68. The normalized spacial score (nSPS) is 16.5. The minimum Gasteiger partial charge on any atom is -0.388 e. The van der Waals surface area contributed by atoms with Crippen LogP contribution in [0.4, 0.5) is 0 Å². The van der Waals surface area contributed by atoms with Crippen molar-refractivity contribution in [3.63, 3.8) is 0 Å². The second-order valence-corrected chi connectivity index (χ2v) is 3.57. The lowest BCUT2D eigenvalue weighted by molar-refractivity contribution is 0.0289. The molecule has 3 nitrogen and oxygen atoms in total. The number of hydrogen-bond donors (Lipinski definition) is 2. The van der Waals surface area contributed by atoms with Crippen LogP contribution in [0.3, 0.4) is 0 Å². The van der Waals surface area contributed by atoms with Gasteiger partial charge >= 0.3 is 0 Å². The summed E-state index contributed by atoms with van der Waals surface area (Å²) in [5, 5.41) is 9.68. The van der Waals surface area contributed by atoms with E-state index in [1.165, 1.54) is 0 Å². The molecule has 0 aliphatic heterocycles. The molecule has 1 unspecified atom stereocenters. The van der Waals surface area contributed by atoms with Gasteiger partial charge in [0.05, 0.1) is 5.60 Å². The summed E-state index contributed by atoms with van der Waals surface area (Å²) in [4.78, 5) is 2.22. The van der Waals surface area contributed by atoms with Gasteiger partial charge in [-0.05, 0) is 26.4 Å². The molecule has 0 saturated heterocycles. The van der Waals surface area contributed by atoms with E-state index >= 15 is 0 Å². The zero-order valence-electron chi connectivity index (χ0n) is 8.51. The van der Waals surface area contributed by atoms with Crippen LogP contribution < -0.4 is 5.73 Å². The fourth-order valence-corrected chi connectivity index (χ4v) is 1.21. The topological polar surface area (TPSA) is 49.5 Å². The largest absolute Gasteiger partial charge is 0.388 e. The van der Waals surface area contributed by atoms with Crippen molar-refractivity contribution in [3.05, 3.63) is 0 Å². The first kappa shape index (κ1) is 11.9. The Bertz CT molecular complexity index is 115. The molecule has 0 aromatic carbocycles. The number of nitrogens with two attached hydrogens (primary N) is 1. The van der Waals surface area contributed by atoms with Gasteiger partial charge in [-0.2, -0.15) is 0 Å². The highest BCUT2D eigenvalue weighted by atomic mass is 16.3. The molecule has 0 heterocycles. The Morgan fingerprint density at radius 2 is 2.00 bits per heavy atom. The van der Waals surface area contributed by atoms with Crippen LogP contribution in [0, 0.1) is 0 Å². The van der Waals surface area contributed by atoms with E-state index in [1.54, 1.807) is 6.92 Å². The summed E-state index contributed by atoms with van der Waals surface area (Å²) in [6.07, 6.45) is 1.12. The number of aliphatic hydroxyl groups is 1. The maximum Gasteiger partial charge on any atom is 0.0867 e. The van der Waals surface area contributed by atoms with Crippen molar-refractivity contribution < 1.29 is 5.11 Å². The Morgan fingerprint density at radius 3 is 2.33 bits per heavy atom. The van der Waals surface area contributed by atoms with Crippen LogP contribution >= 0.6 is 0 Å². The Hall–Kier alpha value is -0.120. The van der Waals surface area contributed by atoms with E-state index in [4.69, 9.17) is 5.73 Å². The fraction of sp³-hybridized carbons (Fsp3) is 1.00. The Kier molecular flexibility index (Phi) is 5.46. The summed E-state index contributed by atoms with van der Waals surface area (Å²) >= 11 is 0. The van der Waals surface area contributed by atoms with Gasteiger partial charge in [-0.15, -0.1) is 0 Å². The molecule has 1 atom stereocenters. The summed E-state index contributed by atoms with van der Waals surface area (Å²) in [5.74, 6) is 0.